The fraction of sp³-hybridized carbons (Fsp3) is 0.100. The van der Waals surface area contributed by atoms with Crippen LogP contribution in [0, 0.1) is 0 Å². The Kier molecular flexibility index (Phi) is 3.03. The molecule has 3 heterocycles. The number of nitrogens with two attached hydrogens (primary N) is 1. The van der Waals surface area contributed by atoms with Crippen LogP contribution >= 0.6 is 23.1 Å². The number of rotatable bonds is 4. The number of nitrogen functional groups attached to an aromatic ring is 1. The first-order valence-electron chi connectivity index (χ1n) is 5.01. The molecule has 0 aliphatic heterocycles. The highest BCUT2D eigenvalue weighted by atomic mass is 32.2. The van der Waals surface area contributed by atoms with Gasteiger partial charge in [0.1, 0.15) is 0 Å². The Labute approximate surface area is 110 Å². The van der Waals surface area contributed by atoms with Gasteiger partial charge in [0.25, 0.3) is 5.89 Å². The van der Waals surface area contributed by atoms with Gasteiger partial charge < -0.3 is 14.6 Å². The minimum Gasteiger partial charge on any atom is -0.459 e. The Balaban J connectivity index is 1.67. The van der Waals surface area contributed by atoms with E-state index in [0.717, 1.165) is 4.21 Å². The van der Waals surface area contributed by atoms with Crippen molar-refractivity contribution in [2.75, 3.05) is 5.73 Å². The van der Waals surface area contributed by atoms with E-state index in [1.54, 1.807) is 36.4 Å². The number of thioether (sulfide) groups is 1. The van der Waals surface area contributed by atoms with Crippen molar-refractivity contribution in [1.82, 2.24) is 15.2 Å². The van der Waals surface area contributed by atoms with Crippen LogP contribution in [-0.4, -0.2) is 15.2 Å². The maximum Gasteiger partial charge on any atom is 0.283 e. The molecule has 3 rings (SSSR count). The van der Waals surface area contributed by atoms with E-state index in [1.165, 1.54) is 11.3 Å². The summed E-state index contributed by atoms with van der Waals surface area (Å²) in [6.07, 6.45) is 3.29. The zero-order valence-electron chi connectivity index (χ0n) is 9.07. The molecule has 3 aromatic rings. The predicted molar refractivity (Wildman–Crippen MR) is 68.1 cm³/mol. The summed E-state index contributed by atoms with van der Waals surface area (Å²) in [5.41, 5.74) is 5.55. The molecule has 18 heavy (non-hydrogen) atoms. The van der Waals surface area contributed by atoms with Crippen LogP contribution in [0.3, 0.4) is 0 Å². The third-order valence-electron chi connectivity index (χ3n) is 2.04. The fourth-order valence-corrected chi connectivity index (χ4v) is 2.88. The maximum atomic E-state index is 5.55. The van der Waals surface area contributed by atoms with E-state index < -0.39 is 0 Å². The summed E-state index contributed by atoms with van der Waals surface area (Å²) in [5.74, 6) is 2.08. The van der Waals surface area contributed by atoms with Crippen LogP contribution in [0.25, 0.3) is 11.7 Å². The van der Waals surface area contributed by atoms with Crippen molar-refractivity contribution in [3.63, 3.8) is 0 Å². The zero-order chi connectivity index (χ0) is 12.4. The van der Waals surface area contributed by atoms with Crippen molar-refractivity contribution in [2.45, 2.75) is 9.96 Å². The highest BCUT2D eigenvalue weighted by molar-refractivity contribution is 8.00. The van der Waals surface area contributed by atoms with Crippen molar-refractivity contribution >= 4 is 28.2 Å². The highest BCUT2D eigenvalue weighted by Gasteiger charge is 2.11. The summed E-state index contributed by atoms with van der Waals surface area (Å²) >= 11 is 2.99. The SMILES string of the molecule is Nc1ncc(SCc2nnc(-c3ccco3)o2)s1. The number of aromatic nitrogens is 3. The molecule has 0 atom stereocenters. The highest BCUT2D eigenvalue weighted by Crippen LogP contribution is 2.29. The molecular formula is C10H8N4O2S2. The molecule has 6 nitrogen and oxygen atoms in total. The standard InChI is InChI=1S/C10H8N4O2S2/c11-10-12-4-8(18-10)17-5-7-13-14-9(16-7)6-2-1-3-15-6/h1-4H,5H2,(H2,11,12). The topological polar surface area (TPSA) is 91.0 Å². The van der Waals surface area contributed by atoms with E-state index in [2.05, 4.69) is 15.2 Å². The molecule has 0 saturated carbocycles. The van der Waals surface area contributed by atoms with E-state index >= 15 is 0 Å². The van der Waals surface area contributed by atoms with Crippen molar-refractivity contribution in [1.29, 1.82) is 0 Å². The Hall–Kier alpha value is -1.80. The summed E-state index contributed by atoms with van der Waals surface area (Å²) in [6, 6.07) is 3.54. The average Bonchev–Trinajstić information content (AvgIpc) is 3.07. The quantitative estimate of drug-likeness (QED) is 0.734. The Morgan fingerprint density at radius 1 is 1.39 bits per heavy atom. The number of anilines is 1. The van der Waals surface area contributed by atoms with Crippen LogP contribution in [-0.2, 0) is 5.75 Å². The van der Waals surface area contributed by atoms with Gasteiger partial charge in [0.05, 0.1) is 22.4 Å². The average molecular weight is 280 g/mol. The van der Waals surface area contributed by atoms with Gasteiger partial charge in [0.15, 0.2) is 10.9 Å². The van der Waals surface area contributed by atoms with Crippen molar-refractivity contribution < 1.29 is 8.83 Å². The summed E-state index contributed by atoms with van der Waals surface area (Å²) in [6.45, 7) is 0. The third kappa shape index (κ3) is 2.39. The van der Waals surface area contributed by atoms with Crippen LogP contribution in [0.15, 0.2) is 37.6 Å². The molecule has 0 radical (unpaired) electrons. The summed E-state index contributed by atoms with van der Waals surface area (Å²) in [4.78, 5) is 3.97. The van der Waals surface area contributed by atoms with Gasteiger partial charge in [-0.3, -0.25) is 0 Å². The number of thiazole rings is 1. The smallest absolute Gasteiger partial charge is 0.283 e. The number of hydrogen-bond donors (Lipinski definition) is 1. The molecule has 2 N–H and O–H groups in total. The third-order valence-corrected chi connectivity index (χ3v) is 4.04. The van der Waals surface area contributed by atoms with Gasteiger partial charge in [0, 0.05) is 0 Å². The van der Waals surface area contributed by atoms with Crippen LogP contribution in [0.2, 0.25) is 0 Å². The molecule has 0 amide bonds. The minimum atomic E-state index is 0.388. The second kappa shape index (κ2) is 4.83. The molecule has 0 unspecified atom stereocenters. The van der Waals surface area contributed by atoms with Gasteiger partial charge >= 0.3 is 0 Å². The Bertz CT molecular complexity index is 632. The van der Waals surface area contributed by atoms with Gasteiger partial charge in [-0.1, -0.05) is 11.3 Å². The van der Waals surface area contributed by atoms with Gasteiger partial charge in [-0.05, 0) is 12.1 Å². The van der Waals surface area contributed by atoms with Gasteiger partial charge in [-0.25, -0.2) is 4.98 Å². The minimum absolute atomic E-state index is 0.388. The fourth-order valence-electron chi connectivity index (χ4n) is 1.28. The molecule has 3 aromatic heterocycles. The zero-order valence-corrected chi connectivity index (χ0v) is 10.7. The lowest BCUT2D eigenvalue weighted by Crippen LogP contribution is -1.78. The van der Waals surface area contributed by atoms with Crippen molar-refractivity contribution in [3.8, 4) is 11.7 Å². The van der Waals surface area contributed by atoms with Gasteiger partial charge in [0.2, 0.25) is 5.89 Å². The normalized spacial score (nSPS) is 10.9. The number of furan rings is 1. The Morgan fingerprint density at radius 2 is 2.33 bits per heavy atom. The van der Waals surface area contributed by atoms with Crippen molar-refractivity contribution in [2.24, 2.45) is 0 Å². The first-order chi connectivity index (χ1) is 8.81. The van der Waals surface area contributed by atoms with E-state index in [4.69, 9.17) is 14.6 Å². The van der Waals surface area contributed by atoms with Crippen LogP contribution in [0.4, 0.5) is 5.13 Å². The lowest BCUT2D eigenvalue weighted by Gasteiger charge is -1.91. The lowest BCUT2D eigenvalue weighted by atomic mass is 10.5. The lowest BCUT2D eigenvalue weighted by molar-refractivity contribution is 0.494. The second-order valence-corrected chi connectivity index (χ2v) is 5.62. The molecule has 0 fully saturated rings. The molecule has 8 heteroatoms. The molecule has 0 saturated heterocycles. The van der Waals surface area contributed by atoms with E-state index in [9.17, 15) is 0 Å². The molecular weight excluding hydrogens is 272 g/mol. The number of nitrogens with zero attached hydrogens (tertiary/aromatic N) is 3. The van der Waals surface area contributed by atoms with E-state index in [0.29, 0.717) is 28.4 Å². The van der Waals surface area contributed by atoms with Crippen LogP contribution < -0.4 is 5.73 Å². The molecule has 0 aliphatic carbocycles. The molecule has 0 bridgehead atoms. The van der Waals surface area contributed by atoms with Crippen LogP contribution in [0.5, 0.6) is 0 Å². The maximum absolute atomic E-state index is 5.55. The predicted octanol–water partition coefficient (Wildman–Crippen LogP) is 2.66. The van der Waals surface area contributed by atoms with Crippen LogP contribution in [0.1, 0.15) is 5.89 Å². The molecule has 0 aliphatic rings. The summed E-state index contributed by atoms with van der Waals surface area (Å²) in [5, 5.41) is 8.42. The first-order valence-corrected chi connectivity index (χ1v) is 6.82. The second-order valence-electron chi connectivity index (χ2n) is 3.28. The molecule has 0 spiro atoms. The summed E-state index contributed by atoms with van der Waals surface area (Å²) in [7, 11) is 0. The van der Waals surface area contributed by atoms with Gasteiger partial charge in [-0.2, -0.15) is 0 Å². The monoisotopic (exact) mass is 280 g/mol. The Morgan fingerprint density at radius 3 is 3.06 bits per heavy atom. The first kappa shape index (κ1) is 11.3. The largest absolute Gasteiger partial charge is 0.459 e. The van der Waals surface area contributed by atoms with E-state index in [-0.39, 0.29) is 0 Å². The summed E-state index contributed by atoms with van der Waals surface area (Å²) < 4.78 is 11.7. The van der Waals surface area contributed by atoms with Gasteiger partial charge in [-0.15, -0.1) is 22.0 Å². The van der Waals surface area contributed by atoms with Crippen molar-refractivity contribution in [3.05, 3.63) is 30.5 Å². The van der Waals surface area contributed by atoms with E-state index in [1.807, 2.05) is 0 Å². The molecule has 0 aromatic carbocycles. The molecule has 92 valence electrons. The number of hydrogen-bond acceptors (Lipinski definition) is 8.